The van der Waals surface area contributed by atoms with E-state index in [0.29, 0.717) is 20.9 Å². The minimum absolute atomic E-state index is 0.399. The second-order valence-corrected chi connectivity index (χ2v) is 5.54. The minimum atomic E-state index is 0.399. The van der Waals surface area contributed by atoms with Crippen LogP contribution in [0.2, 0.25) is 15.2 Å². The molecule has 0 N–H and O–H groups in total. The average Bonchev–Trinajstić information content (AvgIpc) is 2.49. The molecule has 0 bridgehead atoms. The molecule has 0 spiro atoms. The fourth-order valence-corrected chi connectivity index (χ4v) is 2.47. The highest BCUT2D eigenvalue weighted by Gasteiger charge is 2.05. The number of hydrogen-bond acceptors (Lipinski definition) is 2. The molecule has 1 heterocycles. The zero-order valence-electron chi connectivity index (χ0n) is 10.7. The van der Waals surface area contributed by atoms with Crippen molar-refractivity contribution in [2.45, 2.75) is 0 Å². The first kappa shape index (κ1) is 14.3. The fourth-order valence-electron chi connectivity index (χ4n) is 1.93. The van der Waals surface area contributed by atoms with Crippen molar-refractivity contribution in [1.82, 2.24) is 4.98 Å². The van der Waals surface area contributed by atoms with Crippen LogP contribution in [0.25, 0.3) is 10.9 Å². The topological polar surface area (TPSA) is 25.2 Å². The zero-order chi connectivity index (χ0) is 14.8. The number of benzene rings is 2. The molecule has 0 amide bonds. The Hall–Kier alpha value is -1.61. The van der Waals surface area contributed by atoms with Gasteiger partial charge in [0.2, 0.25) is 0 Å². The third kappa shape index (κ3) is 3.03. The molecule has 104 valence electrons. The first-order valence-corrected chi connectivity index (χ1v) is 7.32. The first-order chi connectivity index (χ1) is 10.1. The number of para-hydroxylation sites is 1. The number of aromatic nitrogens is 1. The molecule has 21 heavy (non-hydrogen) atoms. The molecular weight excluding hydrogens is 327 g/mol. The van der Waals surface area contributed by atoms with Crippen molar-refractivity contribution in [1.29, 1.82) is 0 Å². The molecule has 2 aromatic carbocycles. The lowest BCUT2D eigenvalue weighted by Crippen LogP contribution is -1.88. The van der Waals surface area contributed by atoms with E-state index in [4.69, 9.17) is 34.8 Å². The van der Waals surface area contributed by atoms with Crippen LogP contribution in [0, 0.1) is 0 Å². The Kier molecular flexibility index (Phi) is 4.11. The number of hydrogen-bond donors (Lipinski definition) is 0. The molecule has 3 aromatic rings. The number of rotatable bonds is 2. The van der Waals surface area contributed by atoms with Crippen LogP contribution in [0.15, 0.2) is 53.5 Å². The highest BCUT2D eigenvalue weighted by molar-refractivity contribution is 6.43. The average molecular weight is 336 g/mol. The molecule has 0 saturated carbocycles. The van der Waals surface area contributed by atoms with Gasteiger partial charge in [-0.2, -0.15) is 0 Å². The summed E-state index contributed by atoms with van der Waals surface area (Å²) < 4.78 is 0. The van der Waals surface area contributed by atoms with Crippen molar-refractivity contribution >= 4 is 57.6 Å². The smallest absolute Gasteiger partial charge is 0.138 e. The van der Waals surface area contributed by atoms with Crippen LogP contribution in [0.5, 0.6) is 0 Å². The molecular formula is C16H9Cl3N2. The monoisotopic (exact) mass is 334 g/mol. The van der Waals surface area contributed by atoms with Gasteiger partial charge in [-0.25, -0.2) is 4.98 Å². The van der Waals surface area contributed by atoms with Crippen LogP contribution >= 0.6 is 34.8 Å². The van der Waals surface area contributed by atoms with E-state index < -0.39 is 0 Å². The molecule has 0 aliphatic heterocycles. The van der Waals surface area contributed by atoms with E-state index in [1.54, 1.807) is 24.4 Å². The Bertz CT molecular complexity index is 844. The van der Waals surface area contributed by atoms with Gasteiger partial charge >= 0.3 is 0 Å². The molecule has 0 aliphatic rings. The summed E-state index contributed by atoms with van der Waals surface area (Å²) in [6, 6.07) is 15.0. The van der Waals surface area contributed by atoms with Crippen molar-refractivity contribution in [3.63, 3.8) is 0 Å². The maximum Gasteiger partial charge on any atom is 0.138 e. The Morgan fingerprint density at radius 3 is 2.62 bits per heavy atom. The molecule has 0 atom stereocenters. The highest BCUT2D eigenvalue weighted by Crippen LogP contribution is 2.31. The zero-order valence-corrected chi connectivity index (χ0v) is 13.0. The third-order valence-electron chi connectivity index (χ3n) is 2.98. The number of fused-ring (bicyclic) bond motifs is 1. The molecule has 0 aliphatic carbocycles. The summed E-state index contributed by atoms with van der Waals surface area (Å²) >= 11 is 18.2. The van der Waals surface area contributed by atoms with E-state index in [2.05, 4.69) is 9.98 Å². The van der Waals surface area contributed by atoms with Crippen molar-refractivity contribution in [2.24, 2.45) is 4.99 Å². The van der Waals surface area contributed by atoms with E-state index in [0.717, 1.165) is 16.5 Å². The maximum absolute atomic E-state index is 6.18. The van der Waals surface area contributed by atoms with Gasteiger partial charge in [0, 0.05) is 17.2 Å². The predicted octanol–water partition coefficient (Wildman–Crippen LogP) is 5.95. The minimum Gasteiger partial charge on any atom is -0.255 e. The summed E-state index contributed by atoms with van der Waals surface area (Å²) in [7, 11) is 0. The van der Waals surface area contributed by atoms with Crippen LogP contribution in [0.4, 0.5) is 5.69 Å². The molecule has 2 nitrogen and oxygen atoms in total. The van der Waals surface area contributed by atoms with E-state index in [9.17, 15) is 0 Å². The van der Waals surface area contributed by atoms with Crippen molar-refractivity contribution in [3.05, 3.63) is 69.3 Å². The SMILES string of the molecule is Clc1cccc(N=Cc2cc3ccccc3nc2Cl)c1Cl. The second-order valence-electron chi connectivity index (χ2n) is 4.39. The van der Waals surface area contributed by atoms with E-state index >= 15 is 0 Å². The largest absolute Gasteiger partial charge is 0.255 e. The standard InChI is InChI=1S/C16H9Cl3N2/c17-12-5-3-7-14(15(12)18)20-9-11-8-10-4-1-2-6-13(10)21-16(11)19/h1-9H. The van der Waals surface area contributed by atoms with Crippen LogP contribution in [0.1, 0.15) is 5.56 Å². The van der Waals surface area contributed by atoms with Gasteiger partial charge in [-0.1, -0.05) is 59.1 Å². The summed E-state index contributed by atoms with van der Waals surface area (Å²) in [5.74, 6) is 0. The number of halogens is 3. The lowest BCUT2D eigenvalue weighted by molar-refractivity contribution is 1.39. The van der Waals surface area contributed by atoms with E-state index in [-0.39, 0.29) is 0 Å². The Morgan fingerprint density at radius 1 is 0.952 bits per heavy atom. The second kappa shape index (κ2) is 6.02. The summed E-state index contributed by atoms with van der Waals surface area (Å²) in [6.45, 7) is 0. The van der Waals surface area contributed by atoms with Crippen molar-refractivity contribution in [3.8, 4) is 0 Å². The van der Waals surface area contributed by atoms with Gasteiger partial charge in [0.05, 0.1) is 21.2 Å². The number of nitrogens with zero attached hydrogens (tertiary/aromatic N) is 2. The molecule has 0 saturated heterocycles. The van der Waals surface area contributed by atoms with Crippen LogP contribution in [-0.2, 0) is 0 Å². The summed E-state index contributed by atoms with van der Waals surface area (Å²) in [5, 5.41) is 2.28. The van der Waals surface area contributed by atoms with Gasteiger partial charge in [0.1, 0.15) is 5.15 Å². The highest BCUT2D eigenvalue weighted by atomic mass is 35.5. The van der Waals surface area contributed by atoms with Crippen molar-refractivity contribution < 1.29 is 0 Å². The summed E-state index contributed by atoms with van der Waals surface area (Å²) in [6.07, 6.45) is 1.64. The molecule has 3 rings (SSSR count). The number of pyridine rings is 1. The Balaban J connectivity index is 2.03. The fraction of sp³-hybridized carbons (Fsp3) is 0. The van der Waals surface area contributed by atoms with Crippen LogP contribution in [0.3, 0.4) is 0 Å². The maximum atomic E-state index is 6.18. The molecule has 0 unspecified atom stereocenters. The van der Waals surface area contributed by atoms with Gasteiger partial charge in [-0.15, -0.1) is 0 Å². The van der Waals surface area contributed by atoms with E-state index in [1.165, 1.54) is 0 Å². The lowest BCUT2D eigenvalue weighted by atomic mass is 10.2. The Labute approximate surface area is 137 Å². The molecule has 0 fully saturated rings. The van der Waals surface area contributed by atoms with Gasteiger partial charge in [-0.05, 0) is 24.3 Å². The Morgan fingerprint density at radius 2 is 1.76 bits per heavy atom. The van der Waals surface area contributed by atoms with Crippen LogP contribution in [-0.4, -0.2) is 11.2 Å². The molecule has 1 aromatic heterocycles. The predicted molar refractivity (Wildman–Crippen MR) is 90.5 cm³/mol. The van der Waals surface area contributed by atoms with Gasteiger partial charge in [-0.3, -0.25) is 4.99 Å². The van der Waals surface area contributed by atoms with E-state index in [1.807, 2.05) is 30.3 Å². The normalized spacial score (nSPS) is 11.4. The van der Waals surface area contributed by atoms with Gasteiger partial charge in [0.15, 0.2) is 0 Å². The number of aliphatic imine (C=N–C) groups is 1. The van der Waals surface area contributed by atoms with Gasteiger partial charge < -0.3 is 0 Å². The summed E-state index contributed by atoms with van der Waals surface area (Å²) in [4.78, 5) is 8.68. The van der Waals surface area contributed by atoms with Gasteiger partial charge in [0.25, 0.3) is 0 Å². The third-order valence-corrected chi connectivity index (χ3v) is 4.09. The molecule has 5 heteroatoms. The first-order valence-electron chi connectivity index (χ1n) is 6.18. The lowest BCUT2D eigenvalue weighted by Gasteiger charge is -2.02. The van der Waals surface area contributed by atoms with Crippen molar-refractivity contribution in [2.75, 3.05) is 0 Å². The molecule has 0 radical (unpaired) electrons. The summed E-state index contributed by atoms with van der Waals surface area (Å²) in [5.41, 5.74) is 2.17. The quantitative estimate of drug-likeness (QED) is 0.420. The van der Waals surface area contributed by atoms with Crippen LogP contribution < -0.4 is 0 Å².